The third kappa shape index (κ3) is 2.39. The largest absolute Gasteiger partial charge is 0.384 e. The van der Waals surface area contributed by atoms with Gasteiger partial charge in [0.15, 0.2) is 0 Å². The van der Waals surface area contributed by atoms with Crippen molar-refractivity contribution >= 4 is 11.4 Å². The third-order valence-electron chi connectivity index (χ3n) is 5.11. The molecule has 0 amide bonds. The second-order valence-electron chi connectivity index (χ2n) is 7.02. The average Bonchev–Trinajstić information content (AvgIpc) is 2.81. The van der Waals surface area contributed by atoms with Crippen molar-refractivity contribution in [2.24, 2.45) is 11.3 Å². The Kier molecular flexibility index (Phi) is 3.19. The van der Waals surface area contributed by atoms with Crippen molar-refractivity contribution in [3.8, 4) is 0 Å². The molecule has 0 spiro atoms. The number of non-ortho nitro benzene ring substituents is 1. The Hall–Kier alpha value is -1.58. The first-order chi connectivity index (χ1) is 9.46. The number of nitrogens with zero attached hydrogens (tertiary/aromatic N) is 1. The molecule has 108 valence electrons. The molecular weight excluding hydrogens is 252 g/mol. The summed E-state index contributed by atoms with van der Waals surface area (Å²) >= 11 is 0. The van der Waals surface area contributed by atoms with Crippen LogP contribution >= 0.6 is 0 Å². The van der Waals surface area contributed by atoms with Gasteiger partial charge in [0.1, 0.15) is 0 Å². The number of nitrogens with one attached hydrogen (secondary N) is 1. The standard InChI is InChI=1S/C16H22N2O2/c1-16(2)7-5-11(6-8-16)14-10-17-15-4-3-12(18(19)20)9-13(14)15/h3-4,9,11,14,17H,5-8,10H2,1-2H3. The molecule has 0 saturated heterocycles. The molecule has 20 heavy (non-hydrogen) atoms. The molecule has 4 heteroatoms. The number of nitro benzene ring substituents is 1. The highest BCUT2D eigenvalue weighted by atomic mass is 16.6. The predicted octanol–water partition coefficient (Wildman–Crippen LogP) is 4.32. The van der Waals surface area contributed by atoms with E-state index in [0.717, 1.165) is 17.8 Å². The normalized spacial score (nSPS) is 25.0. The van der Waals surface area contributed by atoms with E-state index in [1.54, 1.807) is 12.1 Å². The van der Waals surface area contributed by atoms with Gasteiger partial charge < -0.3 is 5.32 Å². The van der Waals surface area contributed by atoms with Crippen molar-refractivity contribution in [1.29, 1.82) is 0 Å². The molecule has 4 nitrogen and oxygen atoms in total. The molecule has 3 rings (SSSR count). The maximum Gasteiger partial charge on any atom is 0.269 e. The summed E-state index contributed by atoms with van der Waals surface area (Å²) in [6.45, 7) is 5.62. The van der Waals surface area contributed by atoms with Crippen LogP contribution in [0, 0.1) is 21.4 Å². The van der Waals surface area contributed by atoms with Crippen molar-refractivity contribution in [2.75, 3.05) is 11.9 Å². The number of hydrogen-bond donors (Lipinski definition) is 1. The van der Waals surface area contributed by atoms with Gasteiger partial charge in [0.2, 0.25) is 0 Å². The summed E-state index contributed by atoms with van der Waals surface area (Å²) in [6.07, 6.45) is 5.00. The van der Waals surface area contributed by atoms with E-state index in [1.807, 2.05) is 6.07 Å². The lowest BCUT2D eigenvalue weighted by Gasteiger charge is -2.36. The number of nitro groups is 1. The molecule has 1 atom stereocenters. The summed E-state index contributed by atoms with van der Waals surface area (Å²) < 4.78 is 0. The maximum atomic E-state index is 11.0. The summed E-state index contributed by atoms with van der Waals surface area (Å²) in [4.78, 5) is 10.7. The zero-order valence-corrected chi connectivity index (χ0v) is 12.2. The quantitative estimate of drug-likeness (QED) is 0.645. The van der Waals surface area contributed by atoms with Gasteiger partial charge in [-0.1, -0.05) is 13.8 Å². The molecule has 0 bridgehead atoms. The second-order valence-corrected chi connectivity index (χ2v) is 7.02. The lowest BCUT2D eigenvalue weighted by atomic mass is 9.68. The van der Waals surface area contributed by atoms with Gasteiger partial charge >= 0.3 is 0 Å². The van der Waals surface area contributed by atoms with Crippen LogP contribution in [-0.2, 0) is 0 Å². The van der Waals surface area contributed by atoms with Crippen LogP contribution in [0.3, 0.4) is 0 Å². The van der Waals surface area contributed by atoms with Crippen molar-refractivity contribution in [3.05, 3.63) is 33.9 Å². The summed E-state index contributed by atoms with van der Waals surface area (Å²) in [6, 6.07) is 5.23. The number of anilines is 1. The number of fused-ring (bicyclic) bond motifs is 1. The summed E-state index contributed by atoms with van der Waals surface area (Å²) in [5.74, 6) is 1.11. The van der Waals surface area contributed by atoms with Crippen molar-refractivity contribution in [2.45, 2.75) is 45.4 Å². The van der Waals surface area contributed by atoms with Crippen LogP contribution in [0.4, 0.5) is 11.4 Å². The van der Waals surface area contributed by atoms with Crippen molar-refractivity contribution in [3.63, 3.8) is 0 Å². The highest BCUT2D eigenvalue weighted by Gasteiger charge is 2.35. The van der Waals surface area contributed by atoms with Gasteiger partial charge in [0, 0.05) is 30.3 Å². The molecule has 1 aromatic carbocycles. The summed E-state index contributed by atoms with van der Waals surface area (Å²) in [5.41, 5.74) is 2.93. The Morgan fingerprint density at radius 2 is 2.00 bits per heavy atom. The van der Waals surface area contributed by atoms with Gasteiger partial charge in [-0.25, -0.2) is 0 Å². The fourth-order valence-corrected chi connectivity index (χ4v) is 3.71. The SMILES string of the molecule is CC1(C)CCC(C2CNc3ccc([N+](=O)[O-])cc32)CC1. The maximum absolute atomic E-state index is 11.0. The highest BCUT2D eigenvalue weighted by Crippen LogP contribution is 2.47. The van der Waals surface area contributed by atoms with Crippen LogP contribution in [0.2, 0.25) is 0 Å². The molecule has 1 aromatic rings. The van der Waals surface area contributed by atoms with Crippen LogP contribution in [0.5, 0.6) is 0 Å². The predicted molar refractivity (Wildman–Crippen MR) is 80.1 cm³/mol. The monoisotopic (exact) mass is 274 g/mol. The molecule has 1 saturated carbocycles. The topological polar surface area (TPSA) is 55.2 Å². The molecule has 1 aliphatic carbocycles. The van der Waals surface area contributed by atoms with Crippen molar-refractivity contribution < 1.29 is 4.92 Å². The molecule has 1 unspecified atom stereocenters. The fraction of sp³-hybridized carbons (Fsp3) is 0.625. The molecule has 2 aliphatic rings. The molecule has 1 aliphatic heterocycles. The Morgan fingerprint density at radius 3 is 2.65 bits per heavy atom. The minimum atomic E-state index is -0.292. The zero-order chi connectivity index (χ0) is 14.3. The van der Waals surface area contributed by atoms with E-state index < -0.39 is 0 Å². The van der Waals surface area contributed by atoms with Crippen LogP contribution in [0.25, 0.3) is 0 Å². The van der Waals surface area contributed by atoms with Gasteiger partial charge in [-0.15, -0.1) is 0 Å². The Morgan fingerprint density at radius 1 is 1.30 bits per heavy atom. The zero-order valence-electron chi connectivity index (χ0n) is 12.2. The van der Waals surface area contributed by atoms with E-state index in [0.29, 0.717) is 17.3 Å². The number of hydrogen-bond acceptors (Lipinski definition) is 3. The first kappa shape index (κ1) is 13.4. The van der Waals surface area contributed by atoms with Gasteiger partial charge in [-0.3, -0.25) is 10.1 Å². The minimum Gasteiger partial charge on any atom is -0.384 e. The third-order valence-corrected chi connectivity index (χ3v) is 5.11. The minimum absolute atomic E-state index is 0.216. The summed E-state index contributed by atoms with van der Waals surface area (Å²) in [5, 5.41) is 14.4. The van der Waals surface area contributed by atoms with Gasteiger partial charge in [0.25, 0.3) is 5.69 Å². The van der Waals surface area contributed by atoms with Crippen LogP contribution in [0.15, 0.2) is 18.2 Å². The number of rotatable bonds is 2. The van der Waals surface area contributed by atoms with E-state index in [-0.39, 0.29) is 10.6 Å². The molecular formula is C16H22N2O2. The molecule has 1 heterocycles. The van der Waals surface area contributed by atoms with E-state index in [1.165, 1.54) is 25.7 Å². The smallest absolute Gasteiger partial charge is 0.269 e. The van der Waals surface area contributed by atoms with Crippen molar-refractivity contribution in [1.82, 2.24) is 0 Å². The molecule has 0 radical (unpaired) electrons. The number of benzene rings is 1. The fourth-order valence-electron chi connectivity index (χ4n) is 3.71. The van der Waals surface area contributed by atoms with E-state index in [9.17, 15) is 10.1 Å². The Balaban J connectivity index is 1.82. The van der Waals surface area contributed by atoms with Gasteiger partial charge in [-0.05, 0) is 48.6 Å². The lowest BCUT2D eigenvalue weighted by molar-refractivity contribution is -0.384. The first-order valence-corrected chi connectivity index (χ1v) is 7.48. The average molecular weight is 274 g/mol. The highest BCUT2D eigenvalue weighted by molar-refractivity contribution is 5.61. The molecule has 1 fully saturated rings. The Labute approximate surface area is 119 Å². The first-order valence-electron chi connectivity index (χ1n) is 7.48. The van der Waals surface area contributed by atoms with E-state index in [2.05, 4.69) is 19.2 Å². The molecule has 1 N–H and O–H groups in total. The second kappa shape index (κ2) is 4.76. The van der Waals surface area contributed by atoms with Crippen LogP contribution in [-0.4, -0.2) is 11.5 Å². The van der Waals surface area contributed by atoms with E-state index in [4.69, 9.17) is 0 Å². The molecule has 0 aromatic heterocycles. The summed E-state index contributed by atoms with van der Waals surface area (Å²) in [7, 11) is 0. The van der Waals surface area contributed by atoms with Gasteiger partial charge in [-0.2, -0.15) is 0 Å². The van der Waals surface area contributed by atoms with E-state index >= 15 is 0 Å². The van der Waals surface area contributed by atoms with Crippen LogP contribution < -0.4 is 5.32 Å². The lowest BCUT2D eigenvalue weighted by Crippen LogP contribution is -2.26. The Bertz CT molecular complexity index is 529. The van der Waals surface area contributed by atoms with Crippen LogP contribution in [0.1, 0.15) is 51.0 Å². The van der Waals surface area contributed by atoms with Gasteiger partial charge in [0.05, 0.1) is 4.92 Å².